The number of carbonyl (C=O) groups is 2. The van der Waals surface area contributed by atoms with Crippen LogP contribution in [0.2, 0.25) is 0 Å². The van der Waals surface area contributed by atoms with Gasteiger partial charge in [0.25, 0.3) is 0 Å². The maximum absolute atomic E-state index is 12.6. The molecule has 0 aliphatic heterocycles. The Morgan fingerprint density at radius 2 is 0.926 bits per heavy atom. The number of carbonyl (C=O) groups excluding carboxylic acids is 2. The molecule has 0 saturated heterocycles. The average molecular weight is 798 g/mol. The summed E-state index contributed by atoms with van der Waals surface area (Å²) in [6.07, 6.45) is 37.1. The van der Waals surface area contributed by atoms with Crippen LogP contribution in [0.1, 0.15) is 194 Å². The third-order valence-corrected chi connectivity index (χ3v) is 10.0. The number of rotatable bonds is 40. The number of hydrogen-bond acceptors (Lipinski definition) is 9. The van der Waals surface area contributed by atoms with Gasteiger partial charge in [0.05, 0.1) is 19.8 Å². The number of aliphatic hydroxyl groups is 2. The van der Waals surface area contributed by atoms with Crippen molar-refractivity contribution in [3.05, 3.63) is 24.3 Å². The van der Waals surface area contributed by atoms with Gasteiger partial charge in [-0.15, -0.1) is 0 Å². The van der Waals surface area contributed by atoms with Crippen LogP contribution in [0.4, 0.5) is 0 Å². The molecule has 0 aromatic carbocycles. The zero-order valence-electron chi connectivity index (χ0n) is 34.7. The van der Waals surface area contributed by atoms with Crippen molar-refractivity contribution in [3.8, 4) is 0 Å². The van der Waals surface area contributed by atoms with Crippen LogP contribution in [0.25, 0.3) is 0 Å². The minimum absolute atomic E-state index is 0. The fraction of sp³-hybridized carbons (Fsp3) is 0.857. The molecule has 3 N–H and O–H groups in total. The maximum atomic E-state index is 12.6. The van der Waals surface area contributed by atoms with Crippen LogP contribution in [-0.4, -0.2) is 95.2 Å². The minimum Gasteiger partial charge on any atom is -0.462 e. The third-order valence-electron chi connectivity index (χ3n) is 9.08. The summed E-state index contributed by atoms with van der Waals surface area (Å²) < 4.78 is 32.7. The number of phosphoric ester groups is 1. The number of allylic oxidation sites excluding steroid dienone is 4. The molecule has 0 fully saturated rings. The number of ether oxygens (including phenoxy) is 2. The quantitative estimate of drug-likeness (QED) is 0.0180. The number of esters is 2. The second-order valence-corrected chi connectivity index (χ2v) is 15.8. The molecule has 3 atom stereocenters. The van der Waals surface area contributed by atoms with Gasteiger partial charge in [0.15, 0.2) is 6.10 Å². The number of aliphatic hydroxyl groups excluding tert-OH is 2. The Labute approximate surface area is 351 Å². The average Bonchev–Trinajstić information content (AvgIpc) is 3.14. The van der Waals surface area contributed by atoms with Gasteiger partial charge in [-0.05, 0) is 64.2 Å². The van der Waals surface area contributed by atoms with Crippen LogP contribution in [0, 0.1) is 0 Å². The molecule has 0 aromatic rings. The van der Waals surface area contributed by atoms with Crippen LogP contribution in [0.5, 0.6) is 0 Å². The fourth-order valence-electron chi connectivity index (χ4n) is 5.75. The van der Waals surface area contributed by atoms with Crippen molar-refractivity contribution >= 4 is 49.3 Å². The van der Waals surface area contributed by atoms with E-state index in [4.69, 9.17) is 19.1 Å². The molecule has 54 heavy (non-hydrogen) atoms. The molecule has 0 aliphatic carbocycles. The van der Waals surface area contributed by atoms with Crippen molar-refractivity contribution in [2.24, 2.45) is 0 Å². The summed E-state index contributed by atoms with van der Waals surface area (Å²) in [7, 11) is -4.62. The molecule has 0 heterocycles. The van der Waals surface area contributed by atoms with Crippen molar-refractivity contribution in [1.82, 2.24) is 0 Å². The van der Waals surface area contributed by atoms with Gasteiger partial charge in [-0.25, -0.2) is 4.57 Å². The van der Waals surface area contributed by atoms with Crippen LogP contribution in [-0.2, 0) is 32.7 Å². The predicted molar refractivity (Wildman–Crippen MR) is 220 cm³/mol. The van der Waals surface area contributed by atoms with Gasteiger partial charge >= 0.3 is 19.8 Å². The Balaban J connectivity index is 0. The van der Waals surface area contributed by atoms with E-state index in [1.807, 2.05) is 0 Å². The summed E-state index contributed by atoms with van der Waals surface area (Å²) in [4.78, 5) is 34.9. The molecule has 10 nitrogen and oxygen atoms in total. The van der Waals surface area contributed by atoms with E-state index < -0.39 is 51.8 Å². The summed E-state index contributed by atoms with van der Waals surface area (Å²) in [5.41, 5.74) is 0. The monoisotopic (exact) mass is 798 g/mol. The topological polar surface area (TPSA) is 149 Å². The van der Waals surface area contributed by atoms with Crippen molar-refractivity contribution in [2.75, 3.05) is 26.4 Å². The summed E-state index contributed by atoms with van der Waals surface area (Å²) >= 11 is 0. The van der Waals surface area contributed by atoms with Crippen molar-refractivity contribution in [2.45, 2.75) is 206 Å². The zero-order chi connectivity index (χ0) is 39.1. The standard InChI is InChI=1S/C42H79O10P.Na/c1-3-5-7-9-11-13-15-17-19-21-23-25-27-29-31-33-41(45)49-37-40(38-51-53(47,48)50-36-39(44)35-43)52-42(46)34-32-30-28-26-24-22-20-18-16-14-12-10-8-6-4-2;/h17-20,39-40,43-44H,3-16,21-38H2,1-2H3,(H,47,48);. The van der Waals surface area contributed by atoms with E-state index in [0.29, 0.717) is 12.8 Å². The van der Waals surface area contributed by atoms with Crippen molar-refractivity contribution < 1.29 is 47.8 Å². The van der Waals surface area contributed by atoms with E-state index in [1.165, 1.54) is 83.5 Å². The van der Waals surface area contributed by atoms with Gasteiger partial charge in [-0.3, -0.25) is 18.6 Å². The van der Waals surface area contributed by atoms with E-state index in [9.17, 15) is 24.2 Å². The first-order valence-electron chi connectivity index (χ1n) is 21.3. The van der Waals surface area contributed by atoms with Crippen molar-refractivity contribution in [1.29, 1.82) is 0 Å². The van der Waals surface area contributed by atoms with Gasteiger partial charge in [-0.2, -0.15) is 0 Å². The van der Waals surface area contributed by atoms with E-state index in [2.05, 4.69) is 42.7 Å². The Kier molecular flexibility index (Phi) is 43.3. The smallest absolute Gasteiger partial charge is 0.462 e. The normalized spacial score (nSPS) is 13.9. The molecule has 0 aliphatic rings. The SMILES string of the molecule is CCCCCCCCC=CCCCCCCCC(=O)OCC(COP(=O)(O)OCC(O)CO)OC(=O)CCCCCCCC=CCCCCCCCC.[Na]. The summed E-state index contributed by atoms with van der Waals surface area (Å²) in [5, 5.41) is 18.3. The van der Waals surface area contributed by atoms with E-state index in [-0.39, 0.29) is 49.0 Å². The van der Waals surface area contributed by atoms with Gasteiger partial charge in [-0.1, -0.05) is 141 Å². The van der Waals surface area contributed by atoms with Crippen LogP contribution < -0.4 is 0 Å². The van der Waals surface area contributed by atoms with Crippen LogP contribution in [0.15, 0.2) is 24.3 Å². The third kappa shape index (κ3) is 41.1. The van der Waals surface area contributed by atoms with Gasteiger partial charge in [0.1, 0.15) is 12.7 Å². The largest absolute Gasteiger partial charge is 0.472 e. The molecule has 0 saturated carbocycles. The van der Waals surface area contributed by atoms with Crippen molar-refractivity contribution in [3.63, 3.8) is 0 Å². The Morgan fingerprint density at radius 3 is 1.35 bits per heavy atom. The molecule has 0 rings (SSSR count). The summed E-state index contributed by atoms with van der Waals surface area (Å²) in [6.45, 7) is 2.36. The van der Waals surface area contributed by atoms with E-state index in [0.717, 1.165) is 70.6 Å². The molecule has 0 spiro atoms. The fourth-order valence-corrected chi connectivity index (χ4v) is 6.54. The van der Waals surface area contributed by atoms with Gasteiger partial charge in [0.2, 0.25) is 0 Å². The maximum Gasteiger partial charge on any atom is 0.472 e. The summed E-state index contributed by atoms with van der Waals surface area (Å²) in [6, 6.07) is 0. The summed E-state index contributed by atoms with van der Waals surface area (Å²) in [5.74, 6) is -0.940. The molecule has 1 radical (unpaired) electrons. The molecule has 0 aromatic heterocycles. The number of phosphoric acid groups is 1. The van der Waals surface area contributed by atoms with E-state index in [1.54, 1.807) is 0 Å². The number of hydrogen-bond donors (Lipinski definition) is 3. The van der Waals surface area contributed by atoms with Crippen LogP contribution >= 0.6 is 7.82 Å². The molecule has 0 amide bonds. The predicted octanol–water partition coefficient (Wildman–Crippen LogP) is 10.6. The van der Waals surface area contributed by atoms with Crippen LogP contribution in [0.3, 0.4) is 0 Å². The van der Waals surface area contributed by atoms with Gasteiger partial charge in [0, 0.05) is 42.4 Å². The molecule has 12 heteroatoms. The first-order valence-corrected chi connectivity index (χ1v) is 22.8. The van der Waals surface area contributed by atoms with Gasteiger partial charge < -0.3 is 24.6 Å². The minimum atomic E-state index is -4.62. The molecule has 313 valence electrons. The Bertz CT molecular complexity index is 948. The molecular formula is C42H79NaO10P. The Morgan fingerprint density at radius 1 is 0.556 bits per heavy atom. The first-order chi connectivity index (χ1) is 25.7. The second-order valence-electron chi connectivity index (χ2n) is 14.4. The number of unbranched alkanes of at least 4 members (excludes halogenated alkanes) is 22. The van der Waals surface area contributed by atoms with E-state index >= 15 is 0 Å². The molecular weight excluding hydrogens is 718 g/mol. The molecule has 0 bridgehead atoms. The molecule has 3 unspecified atom stereocenters. The first kappa shape index (κ1) is 55.5. The second kappa shape index (κ2) is 42.1. The Hall–Kier alpha value is -0.550. The zero-order valence-corrected chi connectivity index (χ0v) is 37.6.